The van der Waals surface area contributed by atoms with Crippen molar-refractivity contribution in [1.29, 1.82) is 0 Å². The van der Waals surface area contributed by atoms with Gasteiger partial charge in [-0.3, -0.25) is 0 Å². The number of hydrogen-bond donors (Lipinski definition) is 0. The Balaban J connectivity index is 0.00000122. The molecule has 4 unspecified atom stereocenters. The molecule has 0 aromatic heterocycles. The van der Waals surface area contributed by atoms with Crippen molar-refractivity contribution >= 4 is 35.6 Å². The SMILES string of the molecule is CC1CCCC(C)C1[N-][Si](C)(C)O[Si](C)(C)[N-]C1C(C)CCCC1C.[Cl][Ti][Cl]. The monoisotopic (exact) mass is 500 g/mol. The van der Waals surface area contributed by atoms with Crippen LogP contribution in [0.25, 0.3) is 9.96 Å². The maximum atomic E-state index is 6.77. The summed E-state index contributed by atoms with van der Waals surface area (Å²) >= 11 is -0.556. The molecule has 8 heteroatoms. The fourth-order valence-corrected chi connectivity index (χ4v) is 13.0. The molecule has 166 valence electrons. The van der Waals surface area contributed by atoms with Gasteiger partial charge in [0.2, 0.25) is 0 Å². The summed E-state index contributed by atoms with van der Waals surface area (Å²) in [6.07, 6.45) is 8.03. The molecule has 0 spiro atoms. The van der Waals surface area contributed by atoms with Crippen molar-refractivity contribution in [2.24, 2.45) is 23.7 Å². The molecular weight excluding hydrogens is 459 g/mol. The van der Waals surface area contributed by atoms with E-state index in [1.807, 2.05) is 0 Å². The summed E-state index contributed by atoms with van der Waals surface area (Å²) in [5, 5.41) is 0. The van der Waals surface area contributed by atoms with Gasteiger partial charge in [-0.2, -0.15) is 0 Å². The Morgan fingerprint density at radius 2 is 0.929 bits per heavy atom. The van der Waals surface area contributed by atoms with Gasteiger partial charge in [0.15, 0.2) is 0 Å². The van der Waals surface area contributed by atoms with E-state index < -0.39 is 34.0 Å². The van der Waals surface area contributed by atoms with Crippen LogP contribution in [0.1, 0.15) is 66.2 Å². The normalized spacial score (nSPS) is 34.4. The molecule has 2 aliphatic rings. The predicted octanol–water partition coefficient (Wildman–Crippen LogP) is 8.18. The second-order valence-corrected chi connectivity index (χ2v) is 19.8. The average molecular weight is 502 g/mol. The van der Waals surface area contributed by atoms with Crippen molar-refractivity contribution < 1.29 is 21.1 Å². The van der Waals surface area contributed by atoms with Crippen molar-refractivity contribution in [3.05, 3.63) is 9.96 Å². The first-order chi connectivity index (χ1) is 12.9. The molecule has 0 saturated heterocycles. The number of hydrogen-bond acceptors (Lipinski definition) is 1. The van der Waals surface area contributed by atoms with Gasteiger partial charge in [0.1, 0.15) is 0 Å². The number of halogens is 2. The Hall–Kier alpha value is 1.61. The van der Waals surface area contributed by atoms with Crippen LogP contribution < -0.4 is 0 Å². The van der Waals surface area contributed by atoms with E-state index in [1.54, 1.807) is 0 Å². The van der Waals surface area contributed by atoms with Crippen LogP contribution in [-0.2, 0) is 21.1 Å². The summed E-state index contributed by atoms with van der Waals surface area (Å²) < 4.78 is 6.77. The van der Waals surface area contributed by atoms with Crippen LogP contribution >= 0.6 is 18.6 Å². The van der Waals surface area contributed by atoms with Crippen molar-refractivity contribution in [2.45, 2.75) is 104 Å². The van der Waals surface area contributed by atoms with E-state index in [9.17, 15) is 0 Å². The van der Waals surface area contributed by atoms with Gasteiger partial charge in [-0.25, -0.2) is 0 Å². The van der Waals surface area contributed by atoms with E-state index in [0.29, 0.717) is 35.8 Å². The fourth-order valence-electron chi connectivity index (χ4n) is 5.22. The molecule has 0 radical (unpaired) electrons. The molecule has 28 heavy (non-hydrogen) atoms. The average Bonchev–Trinajstić information content (AvgIpc) is 2.54. The minimum atomic E-state index is -2.05. The first-order valence-corrected chi connectivity index (χ1v) is 21.0. The summed E-state index contributed by atoms with van der Waals surface area (Å²) in [6.45, 7) is 18.7. The zero-order valence-electron chi connectivity index (χ0n) is 19.3. The minimum absolute atomic E-state index is 0.493. The van der Waals surface area contributed by atoms with Crippen molar-refractivity contribution in [1.82, 2.24) is 0 Å². The predicted molar refractivity (Wildman–Crippen MR) is 126 cm³/mol. The molecule has 0 heterocycles. The molecular formula is C20H42Cl2N2OSi2Ti-2. The second kappa shape index (κ2) is 12.6. The molecule has 0 aromatic rings. The summed E-state index contributed by atoms with van der Waals surface area (Å²) in [5.41, 5.74) is 0. The molecule has 2 aliphatic carbocycles. The molecule has 0 bridgehead atoms. The Bertz CT molecular complexity index is 402. The van der Waals surface area contributed by atoms with Crippen LogP contribution in [-0.4, -0.2) is 29.0 Å². The van der Waals surface area contributed by atoms with Gasteiger partial charge in [0.05, 0.1) is 17.0 Å². The first kappa shape index (κ1) is 27.6. The third kappa shape index (κ3) is 9.40. The van der Waals surface area contributed by atoms with Crippen molar-refractivity contribution in [3.8, 4) is 0 Å². The van der Waals surface area contributed by atoms with Gasteiger partial charge in [0, 0.05) is 0 Å². The Labute approximate surface area is 193 Å². The van der Waals surface area contributed by atoms with Crippen LogP contribution in [0.2, 0.25) is 26.2 Å². The van der Waals surface area contributed by atoms with Gasteiger partial charge >= 0.3 is 35.6 Å². The zero-order chi connectivity index (χ0) is 21.5. The summed E-state index contributed by atoms with van der Waals surface area (Å²) in [4.78, 5) is 10.7. The van der Waals surface area contributed by atoms with Gasteiger partial charge < -0.3 is 14.1 Å². The van der Waals surface area contributed by atoms with Gasteiger partial charge in [-0.15, -0.1) is 12.1 Å². The third-order valence-electron chi connectivity index (χ3n) is 6.39. The van der Waals surface area contributed by atoms with Gasteiger partial charge in [0.25, 0.3) is 0 Å². The zero-order valence-corrected chi connectivity index (χ0v) is 24.3. The Morgan fingerprint density at radius 1 is 0.679 bits per heavy atom. The summed E-state index contributed by atoms with van der Waals surface area (Å²) in [7, 11) is 5.69. The van der Waals surface area contributed by atoms with Crippen LogP contribution in [0, 0.1) is 23.7 Å². The molecule has 2 fully saturated rings. The van der Waals surface area contributed by atoms with E-state index in [0.717, 1.165) is 0 Å². The van der Waals surface area contributed by atoms with Gasteiger partial charge in [-0.05, 0) is 0 Å². The topological polar surface area (TPSA) is 37.4 Å². The van der Waals surface area contributed by atoms with Crippen LogP contribution in [0.15, 0.2) is 0 Å². The van der Waals surface area contributed by atoms with Gasteiger partial charge in [-0.1, -0.05) is 116 Å². The Kier molecular flexibility index (Phi) is 12.4. The Morgan fingerprint density at radius 3 is 1.18 bits per heavy atom. The molecule has 2 saturated carbocycles. The second-order valence-electron chi connectivity index (χ2n) is 10.1. The third-order valence-corrected chi connectivity index (χ3v) is 12.2. The maximum absolute atomic E-state index is 6.77. The number of nitrogens with zero attached hydrogens (tertiary/aromatic N) is 2. The molecule has 0 aromatic carbocycles. The van der Waals surface area contributed by atoms with Crippen molar-refractivity contribution in [3.63, 3.8) is 0 Å². The van der Waals surface area contributed by atoms with Crippen molar-refractivity contribution in [2.75, 3.05) is 0 Å². The standard InChI is InChI=1S/C20H42N2OSi2.2ClH.Ti/c1-15-11-9-12-16(2)19(15)21-24(5,6)23-25(7,8)22-20-17(3)13-10-14-18(20)4;;;/h15-20H,9-14H2,1-8H3;2*1H;/q-2;;;+2/p-2. The van der Waals surface area contributed by atoms with E-state index in [4.69, 9.17) is 32.7 Å². The van der Waals surface area contributed by atoms with E-state index in [1.165, 1.54) is 38.5 Å². The fraction of sp³-hybridized carbons (Fsp3) is 1.00. The molecule has 0 aliphatic heterocycles. The van der Waals surface area contributed by atoms with Crippen LogP contribution in [0.5, 0.6) is 0 Å². The number of rotatable bonds is 6. The van der Waals surface area contributed by atoms with E-state index >= 15 is 0 Å². The molecule has 4 atom stereocenters. The molecule has 0 N–H and O–H groups in total. The molecule has 0 amide bonds. The van der Waals surface area contributed by atoms with E-state index in [2.05, 4.69) is 53.9 Å². The molecule has 2 rings (SSSR count). The van der Waals surface area contributed by atoms with E-state index in [-0.39, 0.29) is 0 Å². The summed E-state index contributed by atoms with van der Waals surface area (Å²) in [6, 6.07) is 0.987. The molecule has 3 nitrogen and oxygen atoms in total. The first-order valence-electron chi connectivity index (χ1n) is 11.0. The summed E-state index contributed by atoms with van der Waals surface area (Å²) in [5.74, 6) is 2.83. The van der Waals surface area contributed by atoms with Crippen LogP contribution in [0.4, 0.5) is 0 Å². The quantitative estimate of drug-likeness (QED) is 0.338. The van der Waals surface area contributed by atoms with Crippen LogP contribution in [0.3, 0.4) is 0 Å².